The molecule has 1 aromatic heterocycles. The Morgan fingerprint density at radius 3 is 2.74 bits per heavy atom. The molecule has 0 atom stereocenters. The van der Waals surface area contributed by atoms with Crippen LogP contribution in [0, 0.1) is 18.6 Å². The third-order valence-corrected chi connectivity index (χ3v) is 2.75. The molecule has 0 spiro atoms. The van der Waals surface area contributed by atoms with E-state index in [1.54, 1.807) is 13.0 Å². The van der Waals surface area contributed by atoms with Crippen LogP contribution in [0.25, 0.3) is 0 Å². The third kappa shape index (κ3) is 2.71. The van der Waals surface area contributed by atoms with Crippen molar-refractivity contribution < 1.29 is 13.6 Å². The van der Waals surface area contributed by atoms with Crippen molar-refractivity contribution >= 4 is 29.4 Å². The molecule has 98 valence electrons. The first kappa shape index (κ1) is 13.4. The second-order valence-corrected chi connectivity index (χ2v) is 4.32. The van der Waals surface area contributed by atoms with Crippen LogP contribution in [0.3, 0.4) is 0 Å². The normalized spacial score (nSPS) is 10.3. The number of halogens is 3. The standard InChI is InChI=1S/C13H9ClF2N2O/c1-7-4-9(14)5-17-13(7)18-12-8(6-19)2-3-10(15)11(12)16/h2-6H,1H3,(H,17,18). The molecule has 0 radical (unpaired) electrons. The van der Waals surface area contributed by atoms with Crippen molar-refractivity contribution in [2.45, 2.75) is 6.92 Å². The van der Waals surface area contributed by atoms with E-state index in [9.17, 15) is 13.6 Å². The van der Waals surface area contributed by atoms with Crippen LogP contribution in [0.5, 0.6) is 0 Å². The number of anilines is 2. The summed E-state index contributed by atoms with van der Waals surface area (Å²) in [7, 11) is 0. The molecule has 0 fully saturated rings. The molecule has 1 aromatic carbocycles. The van der Waals surface area contributed by atoms with Crippen LogP contribution in [-0.2, 0) is 0 Å². The number of aromatic nitrogens is 1. The fourth-order valence-electron chi connectivity index (χ4n) is 1.58. The number of pyridine rings is 1. The van der Waals surface area contributed by atoms with Crippen LogP contribution in [0.15, 0.2) is 24.4 Å². The van der Waals surface area contributed by atoms with E-state index in [1.807, 2.05) is 0 Å². The molecular formula is C13H9ClF2N2O. The Labute approximate surface area is 113 Å². The summed E-state index contributed by atoms with van der Waals surface area (Å²) >= 11 is 5.75. The predicted molar refractivity (Wildman–Crippen MR) is 69.0 cm³/mol. The summed E-state index contributed by atoms with van der Waals surface area (Å²) in [5, 5.41) is 3.04. The van der Waals surface area contributed by atoms with Gasteiger partial charge in [0.25, 0.3) is 0 Å². The molecule has 0 amide bonds. The molecule has 19 heavy (non-hydrogen) atoms. The van der Waals surface area contributed by atoms with Gasteiger partial charge < -0.3 is 5.32 Å². The maximum atomic E-state index is 13.7. The lowest BCUT2D eigenvalue weighted by Crippen LogP contribution is -2.03. The number of hydrogen-bond donors (Lipinski definition) is 1. The number of aldehydes is 1. The van der Waals surface area contributed by atoms with Gasteiger partial charge in [-0.1, -0.05) is 11.6 Å². The van der Waals surface area contributed by atoms with Crippen molar-refractivity contribution in [1.82, 2.24) is 4.98 Å². The van der Waals surface area contributed by atoms with E-state index >= 15 is 0 Å². The second kappa shape index (κ2) is 5.32. The first-order valence-electron chi connectivity index (χ1n) is 5.35. The summed E-state index contributed by atoms with van der Waals surface area (Å²) in [6.07, 6.45) is 1.81. The van der Waals surface area contributed by atoms with E-state index in [1.165, 1.54) is 12.3 Å². The molecule has 1 N–H and O–H groups in total. The largest absolute Gasteiger partial charge is 0.337 e. The zero-order chi connectivity index (χ0) is 14.0. The number of nitrogens with zero attached hydrogens (tertiary/aromatic N) is 1. The van der Waals surface area contributed by atoms with Crippen LogP contribution >= 0.6 is 11.6 Å². The first-order valence-corrected chi connectivity index (χ1v) is 5.73. The molecule has 0 aliphatic rings. The molecule has 3 nitrogen and oxygen atoms in total. The van der Waals surface area contributed by atoms with Gasteiger partial charge in [0.2, 0.25) is 0 Å². The van der Waals surface area contributed by atoms with E-state index in [-0.39, 0.29) is 11.3 Å². The van der Waals surface area contributed by atoms with Crippen molar-refractivity contribution in [1.29, 1.82) is 0 Å². The summed E-state index contributed by atoms with van der Waals surface area (Å²) in [6, 6.07) is 3.71. The van der Waals surface area contributed by atoms with Crippen LogP contribution in [0.1, 0.15) is 15.9 Å². The highest BCUT2D eigenvalue weighted by atomic mass is 35.5. The number of aryl methyl sites for hydroxylation is 1. The molecule has 0 aliphatic heterocycles. The minimum atomic E-state index is -1.12. The lowest BCUT2D eigenvalue weighted by Gasteiger charge is -2.11. The van der Waals surface area contributed by atoms with Gasteiger partial charge in [-0.15, -0.1) is 0 Å². The average molecular weight is 283 g/mol. The highest BCUT2D eigenvalue weighted by molar-refractivity contribution is 6.30. The molecule has 0 bridgehead atoms. The Hall–Kier alpha value is -2.01. The highest BCUT2D eigenvalue weighted by Gasteiger charge is 2.14. The third-order valence-electron chi connectivity index (χ3n) is 2.54. The van der Waals surface area contributed by atoms with Gasteiger partial charge >= 0.3 is 0 Å². The Morgan fingerprint density at radius 2 is 2.11 bits per heavy atom. The smallest absolute Gasteiger partial charge is 0.182 e. The van der Waals surface area contributed by atoms with Gasteiger partial charge in [-0.25, -0.2) is 13.8 Å². The van der Waals surface area contributed by atoms with Crippen LogP contribution < -0.4 is 5.32 Å². The minimum absolute atomic E-state index is 0.00931. The molecular weight excluding hydrogens is 274 g/mol. The molecule has 0 aliphatic carbocycles. The molecule has 2 aromatic rings. The summed E-state index contributed by atoms with van der Waals surface area (Å²) in [4.78, 5) is 14.8. The monoisotopic (exact) mass is 282 g/mol. The lowest BCUT2D eigenvalue weighted by molar-refractivity contribution is 0.112. The fourth-order valence-corrected chi connectivity index (χ4v) is 1.79. The van der Waals surface area contributed by atoms with Gasteiger partial charge in [-0.05, 0) is 30.7 Å². The summed E-state index contributed by atoms with van der Waals surface area (Å²) in [5.41, 5.74) is 0.413. The van der Waals surface area contributed by atoms with Crippen molar-refractivity contribution in [2.75, 3.05) is 5.32 Å². The molecule has 6 heteroatoms. The Bertz CT molecular complexity index is 647. The summed E-state index contributed by atoms with van der Waals surface area (Å²) < 4.78 is 26.9. The quantitative estimate of drug-likeness (QED) is 0.869. The molecule has 2 rings (SSSR count). The number of nitrogens with one attached hydrogen (secondary N) is 1. The van der Waals surface area contributed by atoms with Gasteiger partial charge in [-0.2, -0.15) is 0 Å². The number of benzene rings is 1. The topological polar surface area (TPSA) is 42.0 Å². The number of rotatable bonds is 3. The second-order valence-electron chi connectivity index (χ2n) is 3.89. The van der Waals surface area contributed by atoms with E-state index < -0.39 is 11.6 Å². The van der Waals surface area contributed by atoms with Crippen molar-refractivity contribution in [3.63, 3.8) is 0 Å². The molecule has 0 saturated heterocycles. The minimum Gasteiger partial charge on any atom is -0.337 e. The maximum Gasteiger partial charge on any atom is 0.182 e. The zero-order valence-electron chi connectivity index (χ0n) is 9.88. The Balaban J connectivity index is 2.48. The van der Waals surface area contributed by atoms with Crippen molar-refractivity contribution in [3.8, 4) is 0 Å². The number of carbonyl (C=O) groups is 1. The average Bonchev–Trinajstić information content (AvgIpc) is 2.38. The lowest BCUT2D eigenvalue weighted by atomic mass is 10.1. The van der Waals surface area contributed by atoms with E-state index in [2.05, 4.69) is 10.3 Å². The Kier molecular flexibility index (Phi) is 3.76. The van der Waals surface area contributed by atoms with Gasteiger partial charge in [0, 0.05) is 11.8 Å². The summed E-state index contributed by atoms with van der Waals surface area (Å²) in [6.45, 7) is 1.71. The van der Waals surface area contributed by atoms with Crippen molar-refractivity contribution in [2.24, 2.45) is 0 Å². The van der Waals surface area contributed by atoms with Gasteiger partial charge in [-0.3, -0.25) is 4.79 Å². The van der Waals surface area contributed by atoms with Gasteiger partial charge in [0.1, 0.15) is 5.82 Å². The predicted octanol–water partition coefficient (Wildman–Crippen LogP) is 3.88. The van der Waals surface area contributed by atoms with E-state index in [0.717, 1.165) is 6.07 Å². The van der Waals surface area contributed by atoms with E-state index in [4.69, 9.17) is 11.6 Å². The SMILES string of the molecule is Cc1cc(Cl)cnc1Nc1c(C=O)ccc(F)c1F. The fraction of sp³-hybridized carbons (Fsp3) is 0.0769. The first-order chi connectivity index (χ1) is 9.02. The van der Waals surface area contributed by atoms with E-state index in [0.29, 0.717) is 22.7 Å². The van der Waals surface area contributed by atoms with Crippen LogP contribution in [-0.4, -0.2) is 11.3 Å². The van der Waals surface area contributed by atoms with Crippen LogP contribution in [0.4, 0.5) is 20.3 Å². The molecule has 1 heterocycles. The molecule has 0 saturated carbocycles. The molecule has 0 unspecified atom stereocenters. The highest BCUT2D eigenvalue weighted by Crippen LogP contribution is 2.26. The van der Waals surface area contributed by atoms with Gasteiger partial charge in [0.15, 0.2) is 17.9 Å². The maximum absolute atomic E-state index is 13.7. The zero-order valence-corrected chi connectivity index (χ0v) is 10.6. The number of hydrogen-bond acceptors (Lipinski definition) is 3. The number of carbonyl (C=O) groups excluding carboxylic acids is 1. The van der Waals surface area contributed by atoms with Crippen LogP contribution in [0.2, 0.25) is 5.02 Å². The van der Waals surface area contributed by atoms with Gasteiger partial charge in [0.05, 0.1) is 10.7 Å². The Morgan fingerprint density at radius 1 is 1.37 bits per heavy atom. The summed E-state index contributed by atoms with van der Waals surface area (Å²) in [5.74, 6) is -1.86. The van der Waals surface area contributed by atoms with Crippen molar-refractivity contribution in [3.05, 3.63) is 52.2 Å².